The first-order chi connectivity index (χ1) is 15.2. The smallest absolute Gasteiger partial charge is 0.407 e. The van der Waals surface area contributed by atoms with Gasteiger partial charge in [-0.3, -0.25) is 0 Å². The van der Waals surface area contributed by atoms with Crippen LogP contribution in [0.4, 0.5) is 11.6 Å². The monoisotopic (exact) mass is 582 g/mol. The van der Waals surface area contributed by atoms with Crippen LogP contribution in [0.15, 0.2) is 33.5 Å². The molecule has 2 heterocycles. The number of pyridine rings is 2. The molecule has 0 aromatic carbocycles. The van der Waals surface area contributed by atoms with E-state index in [-0.39, 0.29) is 18.2 Å². The summed E-state index contributed by atoms with van der Waals surface area (Å²) >= 11 is 6.15. The lowest BCUT2D eigenvalue weighted by Crippen LogP contribution is -2.13. The molecule has 176 valence electrons. The Hall–Kier alpha value is -3.04. The zero-order chi connectivity index (χ0) is 24.7. The number of aromatic nitrogens is 2. The van der Waals surface area contributed by atoms with Gasteiger partial charge in [-0.15, -0.1) is 0 Å². The second kappa shape index (κ2) is 15.7. The van der Waals surface area contributed by atoms with E-state index < -0.39 is 29.3 Å². The summed E-state index contributed by atoms with van der Waals surface area (Å²) in [7, 11) is 3.48. The highest BCUT2D eigenvalue weighted by Crippen LogP contribution is 2.26. The molecule has 2 rings (SSSR count). The van der Waals surface area contributed by atoms with E-state index in [1.807, 2.05) is 0 Å². The predicted molar refractivity (Wildman–Crippen MR) is 118 cm³/mol. The second-order valence-electron chi connectivity index (χ2n) is 4.96. The maximum atomic E-state index is 10.8. The van der Waals surface area contributed by atoms with Crippen LogP contribution in [0.25, 0.3) is 0 Å². The van der Waals surface area contributed by atoms with Gasteiger partial charge in [0.2, 0.25) is 10.4 Å². The quantitative estimate of drug-likeness (QED) is 0.209. The second-order valence-corrected chi connectivity index (χ2v) is 6.58. The molecule has 2 aromatic heterocycles. The molecule has 13 nitrogen and oxygen atoms in total. The van der Waals surface area contributed by atoms with E-state index in [9.17, 15) is 19.7 Å². The summed E-state index contributed by atoms with van der Waals surface area (Å²) in [4.78, 5) is 39.0. The lowest BCUT2D eigenvalue weighted by atomic mass is 10.4. The summed E-state index contributed by atoms with van der Waals surface area (Å²) in [5, 5.41) is 17.6. The summed E-state index contributed by atoms with van der Waals surface area (Å²) in [6.07, 6.45) is 0. The van der Waals surface area contributed by atoms with Crippen LogP contribution in [0.3, 0.4) is 0 Å². The van der Waals surface area contributed by atoms with Crippen molar-refractivity contribution in [3.05, 3.63) is 43.6 Å². The zero-order valence-corrected chi connectivity index (χ0v) is 20.3. The summed E-state index contributed by atoms with van der Waals surface area (Å²) in [5.74, 6) is -1.05. The van der Waals surface area contributed by atoms with E-state index in [1.165, 1.54) is 26.4 Å². The van der Waals surface area contributed by atoms with Gasteiger partial charge in [0.05, 0.1) is 14.2 Å². The number of methoxy groups -OCH3 is 2. The number of aliphatic hydroxyl groups is 1. The van der Waals surface area contributed by atoms with Crippen molar-refractivity contribution < 1.29 is 38.6 Å². The van der Waals surface area contributed by atoms with Crippen molar-refractivity contribution in [2.24, 2.45) is 0 Å². The van der Waals surface area contributed by atoms with Crippen LogP contribution in [0.2, 0.25) is 0 Å². The highest BCUT2D eigenvalue weighted by molar-refractivity contribution is 9.10. The molecule has 0 radical (unpaired) electrons. The fourth-order valence-corrected chi connectivity index (χ4v) is 2.23. The number of aliphatic hydroxyl groups excluding tert-OH is 1. The normalized spacial score (nSPS) is 9.19. The molecule has 0 aliphatic carbocycles. The lowest BCUT2D eigenvalue weighted by molar-refractivity contribution is -0.390. The van der Waals surface area contributed by atoms with Crippen LogP contribution < -0.4 is 15.2 Å². The summed E-state index contributed by atoms with van der Waals surface area (Å²) < 4.78 is 19.6. The number of nitrogen functional groups attached to an aromatic ring is 1. The number of carbonyl (C=O) groups is 2. The highest BCUT2D eigenvalue weighted by Gasteiger charge is 2.19. The molecule has 32 heavy (non-hydrogen) atoms. The Kier molecular flexibility index (Phi) is 14.2. The number of rotatable bonds is 7. The number of anilines is 1. The highest BCUT2D eigenvalue weighted by atomic mass is 79.9. The number of hydrogen-bond acceptors (Lipinski definition) is 12. The molecule has 0 saturated heterocycles. The molecular formula is C17H20Br2N4O9. The first kappa shape index (κ1) is 29.0. The number of nitrogens with zero attached hydrogens (tertiary/aromatic N) is 3. The van der Waals surface area contributed by atoms with E-state index in [2.05, 4.69) is 51.3 Å². The third-order valence-electron chi connectivity index (χ3n) is 2.98. The molecule has 2 aromatic rings. The Balaban J connectivity index is 0.000000561. The largest absolute Gasteiger partial charge is 0.478 e. The van der Waals surface area contributed by atoms with Crippen LogP contribution >= 0.6 is 31.9 Å². The topological polar surface area (TPSA) is 186 Å². The van der Waals surface area contributed by atoms with Gasteiger partial charge in [0.1, 0.15) is 4.60 Å². The van der Waals surface area contributed by atoms with Crippen LogP contribution in [0, 0.1) is 10.1 Å². The average molecular weight is 584 g/mol. The van der Waals surface area contributed by atoms with E-state index in [1.54, 1.807) is 12.1 Å². The van der Waals surface area contributed by atoms with E-state index in [0.717, 1.165) is 7.11 Å². The average Bonchev–Trinajstić information content (AvgIpc) is 2.78. The van der Waals surface area contributed by atoms with Crippen molar-refractivity contribution in [3.8, 4) is 11.5 Å². The molecular weight excluding hydrogens is 564 g/mol. The van der Waals surface area contributed by atoms with E-state index in [4.69, 9.17) is 20.3 Å². The first-order valence-electron chi connectivity index (χ1n) is 8.24. The van der Waals surface area contributed by atoms with Gasteiger partial charge >= 0.3 is 17.8 Å². The van der Waals surface area contributed by atoms with Crippen LogP contribution in [0.1, 0.15) is 0 Å². The van der Waals surface area contributed by atoms with Crippen molar-refractivity contribution in [3.63, 3.8) is 0 Å². The van der Waals surface area contributed by atoms with Crippen LogP contribution in [0.5, 0.6) is 11.5 Å². The number of halogens is 2. The lowest BCUT2D eigenvalue weighted by Gasteiger charge is -2.06. The Morgan fingerprint density at radius 1 is 0.969 bits per heavy atom. The minimum atomic E-state index is -0.697. The molecule has 0 saturated carbocycles. The van der Waals surface area contributed by atoms with Crippen molar-refractivity contribution in [1.29, 1.82) is 0 Å². The maximum absolute atomic E-state index is 10.8. The standard InChI is InChI=1S/C8H7BrN2O5.C8H9BrN2O3.CH4O/c1-15-7(12)4-16-5-2-3-6(9)10-8(5)11(13)14;1-13-7(12)4-14-5-2-3-6(9)11-8(5)10;1-2/h2-3H,4H2,1H3;2-3H,4H2,1H3,(H2,10,11);2H,1H3. The van der Waals surface area contributed by atoms with Crippen LogP contribution in [-0.4, -0.2) is 66.5 Å². The minimum absolute atomic E-state index is 0.0846. The fourth-order valence-electron chi connectivity index (χ4n) is 1.61. The molecule has 0 atom stereocenters. The van der Waals surface area contributed by atoms with Gasteiger partial charge in [-0.2, -0.15) is 0 Å². The van der Waals surface area contributed by atoms with Gasteiger partial charge in [-0.05, 0) is 44.0 Å². The number of esters is 2. The molecule has 0 fully saturated rings. The van der Waals surface area contributed by atoms with Gasteiger partial charge in [0.15, 0.2) is 24.8 Å². The Morgan fingerprint density at radius 3 is 1.84 bits per heavy atom. The zero-order valence-electron chi connectivity index (χ0n) is 17.1. The summed E-state index contributed by atoms with van der Waals surface area (Å²) in [6.45, 7) is -0.579. The van der Waals surface area contributed by atoms with E-state index >= 15 is 0 Å². The van der Waals surface area contributed by atoms with Gasteiger partial charge in [-0.1, -0.05) is 0 Å². The Labute approximate surface area is 199 Å². The predicted octanol–water partition coefficient (Wildman–Crippen LogP) is 1.89. The maximum Gasteiger partial charge on any atom is 0.407 e. The number of ether oxygens (including phenoxy) is 4. The molecule has 0 unspecified atom stereocenters. The fraction of sp³-hybridized carbons (Fsp3) is 0.294. The third kappa shape index (κ3) is 10.8. The molecule has 0 amide bonds. The summed E-state index contributed by atoms with van der Waals surface area (Å²) in [6, 6.07) is 6.11. The molecule has 15 heteroatoms. The molecule has 0 bridgehead atoms. The molecule has 0 spiro atoms. The van der Waals surface area contributed by atoms with Crippen molar-refractivity contribution in [2.75, 3.05) is 40.3 Å². The number of nitrogens with two attached hydrogens (primary N) is 1. The molecule has 0 aliphatic heterocycles. The van der Waals surface area contributed by atoms with Gasteiger partial charge in [0, 0.05) is 29.1 Å². The Bertz CT molecular complexity index is 916. The molecule has 0 aliphatic rings. The minimum Gasteiger partial charge on any atom is -0.478 e. The number of carbonyl (C=O) groups excluding carboxylic acids is 2. The van der Waals surface area contributed by atoms with Gasteiger partial charge in [0.25, 0.3) is 0 Å². The number of nitro groups is 1. The van der Waals surface area contributed by atoms with E-state index in [0.29, 0.717) is 15.0 Å². The first-order valence-corrected chi connectivity index (χ1v) is 9.83. The van der Waals surface area contributed by atoms with Gasteiger partial charge < -0.3 is 39.9 Å². The van der Waals surface area contributed by atoms with Crippen molar-refractivity contribution in [2.45, 2.75) is 0 Å². The summed E-state index contributed by atoms with van der Waals surface area (Å²) in [5.41, 5.74) is 5.53. The van der Waals surface area contributed by atoms with Crippen LogP contribution in [-0.2, 0) is 19.1 Å². The van der Waals surface area contributed by atoms with Crippen molar-refractivity contribution >= 4 is 55.4 Å². The SMILES string of the molecule is CO.COC(=O)COc1ccc(Br)nc1N.COC(=O)COc1ccc(Br)nc1[N+](=O)[O-]. The van der Waals surface area contributed by atoms with Crippen molar-refractivity contribution in [1.82, 2.24) is 9.97 Å². The van der Waals surface area contributed by atoms with Gasteiger partial charge in [-0.25, -0.2) is 14.6 Å². The third-order valence-corrected chi connectivity index (χ3v) is 3.86. The number of hydrogen-bond donors (Lipinski definition) is 2. The Morgan fingerprint density at radius 2 is 1.41 bits per heavy atom. The molecule has 3 N–H and O–H groups in total.